The Hall–Kier alpha value is -3.05. The number of hydrogen-bond acceptors (Lipinski definition) is 3. The van der Waals surface area contributed by atoms with Gasteiger partial charge in [-0.1, -0.05) is 11.6 Å². The molecule has 0 bridgehead atoms. The van der Waals surface area contributed by atoms with E-state index in [1.54, 1.807) is 48.7 Å². The fraction of sp³-hybridized carbons (Fsp3) is 0.100. The number of aromatic hydroxyl groups is 1. The largest absolute Gasteiger partial charge is 0.508 e. The van der Waals surface area contributed by atoms with Crippen LogP contribution >= 0.6 is 11.6 Å². The summed E-state index contributed by atoms with van der Waals surface area (Å²) in [5.41, 5.74) is 4.33. The SMILES string of the molecule is Cc1cc(C=Nc2ccc(O)cc2)c(C)n1-c1ccc(Cl)c(C(=O)O)c1. The van der Waals surface area contributed by atoms with E-state index in [0.717, 1.165) is 28.3 Å². The van der Waals surface area contributed by atoms with Crippen molar-refractivity contribution in [2.45, 2.75) is 13.8 Å². The molecule has 0 unspecified atom stereocenters. The Bertz CT molecular complexity index is 1000. The monoisotopic (exact) mass is 368 g/mol. The van der Waals surface area contributed by atoms with Gasteiger partial charge in [0.05, 0.1) is 16.3 Å². The molecule has 1 heterocycles. The lowest BCUT2D eigenvalue weighted by molar-refractivity contribution is 0.0697. The number of aromatic carboxylic acids is 1. The lowest BCUT2D eigenvalue weighted by Gasteiger charge is -2.11. The first-order chi connectivity index (χ1) is 12.4. The zero-order chi connectivity index (χ0) is 18.8. The van der Waals surface area contributed by atoms with Gasteiger partial charge in [-0.15, -0.1) is 0 Å². The van der Waals surface area contributed by atoms with Crippen LogP contribution in [0.25, 0.3) is 5.69 Å². The van der Waals surface area contributed by atoms with Gasteiger partial charge in [-0.3, -0.25) is 4.99 Å². The summed E-state index contributed by atoms with van der Waals surface area (Å²) in [4.78, 5) is 15.8. The molecule has 0 aliphatic carbocycles. The van der Waals surface area contributed by atoms with Crippen LogP contribution in [0.5, 0.6) is 5.75 Å². The maximum Gasteiger partial charge on any atom is 0.337 e. The van der Waals surface area contributed by atoms with Crippen LogP contribution in [-0.4, -0.2) is 27.0 Å². The van der Waals surface area contributed by atoms with E-state index in [1.807, 2.05) is 24.5 Å². The molecular weight excluding hydrogens is 352 g/mol. The first kappa shape index (κ1) is 17.8. The molecule has 6 heteroatoms. The third kappa shape index (κ3) is 3.48. The number of carboxylic acid groups (broad SMARTS) is 1. The summed E-state index contributed by atoms with van der Waals surface area (Å²) < 4.78 is 1.96. The maximum atomic E-state index is 11.3. The van der Waals surface area contributed by atoms with Crippen molar-refractivity contribution >= 4 is 29.5 Å². The zero-order valence-corrected chi connectivity index (χ0v) is 15.0. The third-order valence-corrected chi connectivity index (χ3v) is 4.44. The van der Waals surface area contributed by atoms with Gasteiger partial charge in [0, 0.05) is 28.9 Å². The number of aliphatic imine (C=N–C) groups is 1. The molecule has 0 saturated heterocycles. The summed E-state index contributed by atoms with van der Waals surface area (Å²) in [5, 5.41) is 18.8. The zero-order valence-electron chi connectivity index (χ0n) is 14.3. The Morgan fingerprint density at radius 3 is 2.46 bits per heavy atom. The number of phenolic OH excluding ortho intramolecular Hbond substituents is 1. The molecule has 0 radical (unpaired) electrons. The molecule has 5 nitrogen and oxygen atoms in total. The quantitative estimate of drug-likeness (QED) is 0.643. The lowest BCUT2D eigenvalue weighted by atomic mass is 10.2. The van der Waals surface area contributed by atoms with Gasteiger partial charge in [0.2, 0.25) is 0 Å². The predicted octanol–water partition coefficient (Wildman–Crippen LogP) is 4.90. The minimum atomic E-state index is -1.06. The fourth-order valence-corrected chi connectivity index (χ4v) is 3.01. The van der Waals surface area contributed by atoms with Crippen LogP contribution in [-0.2, 0) is 0 Å². The number of hydrogen-bond donors (Lipinski definition) is 2. The number of rotatable bonds is 4. The molecule has 3 rings (SSSR count). The molecule has 132 valence electrons. The molecule has 0 atom stereocenters. The van der Waals surface area contributed by atoms with Crippen molar-refractivity contribution in [3.8, 4) is 11.4 Å². The highest BCUT2D eigenvalue weighted by molar-refractivity contribution is 6.33. The second kappa shape index (κ2) is 7.06. The average Bonchev–Trinajstić information content (AvgIpc) is 2.89. The van der Waals surface area contributed by atoms with Gasteiger partial charge in [-0.2, -0.15) is 0 Å². The Balaban J connectivity index is 1.99. The van der Waals surface area contributed by atoms with E-state index in [9.17, 15) is 15.0 Å². The maximum absolute atomic E-state index is 11.3. The van der Waals surface area contributed by atoms with E-state index in [-0.39, 0.29) is 16.3 Å². The van der Waals surface area contributed by atoms with Gasteiger partial charge in [0.25, 0.3) is 0 Å². The number of carbonyl (C=O) groups is 1. The van der Waals surface area contributed by atoms with Crippen LogP contribution < -0.4 is 0 Å². The molecule has 1 aromatic heterocycles. The second-order valence-electron chi connectivity index (χ2n) is 5.91. The Morgan fingerprint density at radius 1 is 1.12 bits per heavy atom. The van der Waals surface area contributed by atoms with Crippen LogP contribution in [0.4, 0.5) is 5.69 Å². The molecule has 0 aliphatic heterocycles. The van der Waals surface area contributed by atoms with Crippen molar-refractivity contribution in [1.29, 1.82) is 0 Å². The Labute approximate surface area is 155 Å². The lowest BCUT2D eigenvalue weighted by Crippen LogP contribution is -2.03. The molecule has 0 fully saturated rings. The second-order valence-corrected chi connectivity index (χ2v) is 6.31. The standard InChI is InChI=1S/C20H17ClN2O3/c1-12-9-14(11-22-15-3-6-17(24)7-4-15)13(2)23(12)16-5-8-19(21)18(10-16)20(25)26/h3-11,24H,1-2H3,(H,25,26). The molecule has 0 saturated carbocycles. The molecule has 0 amide bonds. The summed E-state index contributed by atoms with van der Waals surface area (Å²) in [5.74, 6) is -0.868. The molecule has 0 spiro atoms. The molecule has 2 aromatic carbocycles. The molecule has 3 aromatic rings. The molecule has 2 N–H and O–H groups in total. The van der Waals surface area contributed by atoms with Crippen LogP contribution in [0.15, 0.2) is 53.5 Å². The van der Waals surface area contributed by atoms with Crippen molar-refractivity contribution in [3.05, 3.63) is 76.1 Å². The number of nitrogens with zero attached hydrogens (tertiary/aromatic N) is 2. The van der Waals surface area contributed by atoms with Crippen molar-refractivity contribution in [2.75, 3.05) is 0 Å². The topological polar surface area (TPSA) is 74.8 Å². The first-order valence-electron chi connectivity index (χ1n) is 7.92. The fourth-order valence-electron chi connectivity index (χ4n) is 2.81. The van der Waals surface area contributed by atoms with Crippen LogP contribution in [0.1, 0.15) is 27.3 Å². The molecule has 0 aliphatic rings. The van der Waals surface area contributed by atoms with E-state index in [1.165, 1.54) is 0 Å². The third-order valence-electron chi connectivity index (χ3n) is 4.11. The highest BCUT2D eigenvalue weighted by atomic mass is 35.5. The van der Waals surface area contributed by atoms with Gasteiger partial charge in [-0.05, 0) is 62.4 Å². The predicted molar refractivity (Wildman–Crippen MR) is 103 cm³/mol. The first-order valence-corrected chi connectivity index (χ1v) is 8.30. The number of carboxylic acids is 1. The highest BCUT2D eigenvalue weighted by Gasteiger charge is 2.14. The summed E-state index contributed by atoms with van der Waals surface area (Å²) >= 11 is 5.96. The van der Waals surface area contributed by atoms with Gasteiger partial charge < -0.3 is 14.8 Å². The minimum Gasteiger partial charge on any atom is -0.508 e. The van der Waals surface area contributed by atoms with Crippen molar-refractivity contribution < 1.29 is 15.0 Å². The highest BCUT2D eigenvalue weighted by Crippen LogP contribution is 2.25. The summed E-state index contributed by atoms with van der Waals surface area (Å²) in [6, 6.07) is 13.5. The van der Waals surface area contributed by atoms with Crippen LogP contribution in [0.2, 0.25) is 5.02 Å². The van der Waals surface area contributed by atoms with Crippen molar-refractivity contribution in [1.82, 2.24) is 4.57 Å². The van der Waals surface area contributed by atoms with Crippen LogP contribution in [0, 0.1) is 13.8 Å². The number of aryl methyl sites for hydroxylation is 1. The smallest absolute Gasteiger partial charge is 0.337 e. The van der Waals surface area contributed by atoms with Gasteiger partial charge in [0.1, 0.15) is 5.75 Å². The van der Waals surface area contributed by atoms with E-state index >= 15 is 0 Å². The van der Waals surface area contributed by atoms with Gasteiger partial charge in [-0.25, -0.2) is 4.79 Å². The van der Waals surface area contributed by atoms with E-state index in [2.05, 4.69) is 4.99 Å². The number of benzene rings is 2. The van der Waals surface area contributed by atoms with Gasteiger partial charge >= 0.3 is 5.97 Å². The Kier molecular flexibility index (Phi) is 4.82. The molecular formula is C20H17ClN2O3. The Morgan fingerprint density at radius 2 is 1.81 bits per heavy atom. The van der Waals surface area contributed by atoms with E-state index in [0.29, 0.717) is 0 Å². The summed E-state index contributed by atoms with van der Waals surface area (Å²) in [7, 11) is 0. The van der Waals surface area contributed by atoms with Crippen molar-refractivity contribution in [3.63, 3.8) is 0 Å². The normalized spacial score (nSPS) is 11.2. The van der Waals surface area contributed by atoms with E-state index < -0.39 is 5.97 Å². The number of halogens is 1. The molecule has 26 heavy (non-hydrogen) atoms. The van der Waals surface area contributed by atoms with Gasteiger partial charge in [0.15, 0.2) is 0 Å². The van der Waals surface area contributed by atoms with Crippen molar-refractivity contribution in [2.24, 2.45) is 4.99 Å². The number of aromatic nitrogens is 1. The number of phenols is 1. The summed E-state index contributed by atoms with van der Waals surface area (Å²) in [6.07, 6.45) is 1.75. The van der Waals surface area contributed by atoms with Crippen LogP contribution in [0.3, 0.4) is 0 Å². The summed E-state index contributed by atoms with van der Waals surface area (Å²) in [6.45, 7) is 3.89. The van der Waals surface area contributed by atoms with E-state index in [4.69, 9.17) is 11.6 Å². The average molecular weight is 369 g/mol. The minimum absolute atomic E-state index is 0.0657.